The van der Waals surface area contributed by atoms with Crippen molar-refractivity contribution in [3.05, 3.63) is 0 Å². The Morgan fingerprint density at radius 1 is 1.78 bits per heavy atom. The molecule has 0 bridgehead atoms. The Morgan fingerprint density at radius 2 is 2.44 bits per heavy atom. The van der Waals surface area contributed by atoms with Crippen molar-refractivity contribution in [3.8, 4) is 0 Å². The number of thiol groups is 1. The maximum Gasteiger partial charge on any atom is 0.235 e. The second-order valence-electron chi connectivity index (χ2n) is 2.35. The molecule has 0 aromatic heterocycles. The number of rotatable bonds is 2. The van der Waals surface area contributed by atoms with Gasteiger partial charge in [0.15, 0.2) is 0 Å². The Bertz CT molecular complexity index is 126. The Kier molecular flexibility index (Phi) is 2.01. The molecule has 1 aliphatic rings. The van der Waals surface area contributed by atoms with Crippen LogP contribution in [-0.2, 0) is 4.79 Å². The summed E-state index contributed by atoms with van der Waals surface area (Å²) < 4.78 is 0. The molecular weight excluding hydrogens is 134 g/mol. The van der Waals surface area contributed by atoms with Crippen molar-refractivity contribution in [2.45, 2.75) is 31.1 Å². The molecular formula is C6H11NOS. The van der Waals surface area contributed by atoms with Crippen LogP contribution in [0.5, 0.6) is 0 Å². The smallest absolute Gasteiger partial charge is 0.235 e. The molecule has 1 fully saturated rings. The van der Waals surface area contributed by atoms with Crippen LogP contribution in [0.1, 0.15) is 19.8 Å². The molecule has 9 heavy (non-hydrogen) atoms. The van der Waals surface area contributed by atoms with E-state index >= 15 is 0 Å². The summed E-state index contributed by atoms with van der Waals surface area (Å²) in [6.07, 6.45) is 2.17. The van der Waals surface area contributed by atoms with Gasteiger partial charge in [0, 0.05) is 6.04 Å². The molecule has 0 aromatic rings. The van der Waals surface area contributed by atoms with Crippen LogP contribution in [0.15, 0.2) is 0 Å². The Hall–Kier alpha value is -0.180. The molecule has 1 rings (SSSR count). The third kappa shape index (κ3) is 1.21. The predicted octanol–water partition coefficient (Wildman–Crippen LogP) is 0.583. The molecule has 52 valence electrons. The molecule has 1 aliphatic heterocycles. The number of amides is 1. The van der Waals surface area contributed by atoms with Gasteiger partial charge in [0.05, 0.1) is 0 Å². The van der Waals surface area contributed by atoms with Crippen molar-refractivity contribution < 1.29 is 4.79 Å². The Morgan fingerprint density at radius 3 is 2.78 bits per heavy atom. The zero-order valence-corrected chi connectivity index (χ0v) is 6.32. The zero-order chi connectivity index (χ0) is 6.85. The molecule has 2 nitrogen and oxygen atoms in total. The van der Waals surface area contributed by atoms with Crippen LogP contribution in [0.4, 0.5) is 0 Å². The standard InChI is InChI=1S/C6H11NOS/c1-2-3-4-5(9)6(8)7-4/h4-5,9H,2-3H2,1H3,(H,7,8). The highest BCUT2D eigenvalue weighted by molar-refractivity contribution is 7.82. The van der Waals surface area contributed by atoms with Crippen molar-refractivity contribution in [2.75, 3.05) is 0 Å². The van der Waals surface area contributed by atoms with E-state index in [0.29, 0.717) is 6.04 Å². The van der Waals surface area contributed by atoms with Crippen molar-refractivity contribution in [1.82, 2.24) is 5.32 Å². The Balaban J connectivity index is 2.25. The van der Waals surface area contributed by atoms with E-state index in [4.69, 9.17) is 0 Å². The van der Waals surface area contributed by atoms with Gasteiger partial charge >= 0.3 is 0 Å². The van der Waals surface area contributed by atoms with Crippen molar-refractivity contribution in [1.29, 1.82) is 0 Å². The number of hydrogen-bond acceptors (Lipinski definition) is 2. The quantitative estimate of drug-likeness (QED) is 0.432. The predicted molar refractivity (Wildman–Crippen MR) is 39.6 cm³/mol. The summed E-state index contributed by atoms with van der Waals surface area (Å²) in [5.41, 5.74) is 0. The van der Waals surface area contributed by atoms with E-state index in [2.05, 4.69) is 24.9 Å². The van der Waals surface area contributed by atoms with E-state index in [1.807, 2.05) is 0 Å². The van der Waals surface area contributed by atoms with Crippen LogP contribution in [-0.4, -0.2) is 17.2 Å². The van der Waals surface area contributed by atoms with Gasteiger partial charge in [-0.1, -0.05) is 13.3 Å². The molecule has 0 aliphatic carbocycles. The third-order valence-corrected chi connectivity index (χ3v) is 2.17. The lowest BCUT2D eigenvalue weighted by Gasteiger charge is -2.33. The number of hydrogen-bond donors (Lipinski definition) is 2. The topological polar surface area (TPSA) is 29.1 Å². The first-order valence-corrected chi connectivity index (χ1v) is 3.75. The summed E-state index contributed by atoms with van der Waals surface area (Å²) in [4.78, 5) is 10.5. The first-order valence-electron chi connectivity index (χ1n) is 3.24. The number of carbonyl (C=O) groups is 1. The highest BCUT2D eigenvalue weighted by Gasteiger charge is 2.34. The van der Waals surface area contributed by atoms with Gasteiger partial charge < -0.3 is 5.32 Å². The van der Waals surface area contributed by atoms with Crippen LogP contribution in [0.25, 0.3) is 0 Å². The minimum atomic E-state index is -0.0371. The van der Waals surface area contributed by atoms with E-state index in [0.717, 1.165) is 12.8 Å². The van der Waals surface area contributed by atoms with Gasteiger partial charge in [-0.3, -0.25) is 4.79 Å². The van der Waals surface area contributed by atoms with E-state index in [-0.39, 0.29) is 11.2 Å². The van der Waals surface area contributed by atoms with E-state index in [1.165, 1.54) is 0 Å². The van der Waals surface area contributed by atoms with E-state index in [1.54, 1.807) is 0 Å². The molecule has 0 aromatic carbocycles. The third-order valence-electron chi connectivity index (χ3n) is 1.58. The van der Waals surface area contributed by atoms with Gasteiger partial charge in [0.25, 0.3) is 0 Å². The largest absolute Gasteiger partial charge is 0.351 e. The lowest BCUT2D eigenvalue weighted by atomic mass is 10.0. The molecule has 1 N–H and O–H groups in total. The summed E-state index contributed by atoms with van der Waals surface area (Å²) in [6, 6.07) is 0.339. The number of nitrogens with one attached hydrogen (secondary N) is 1. The van der Waals surface area contributed by atoms with Gasteiger partial charge in [-0.2, -0.15) is 12.6 Å². The van der Waals surface area contributed by atoms with E-state index < -0.39 is 0 Å². The van der Waals surface area contributed by atoms with Crippen molar-refractivity contribution in [2.24, 2.45) is 0 Å². The molecule has 1 amide bonds. The summed E-state index contributed by atoms with van der Waals surface area (Å²) in [6.45, 7) is 2.10. The van der Waals surface area contributed by atoms with Crippen LogP contribution in [0.2, 0.25) is 0 Å². The van der Waals surface area contributed by atoms with Crippen LogP contribution in [0, 0.1) is 0 Å². The molecule has 2 unspecified atom stereocenters. The minimum absolute atomic E-state index is 0.0371. The van der Waals surface area contributed by atoms with Gasteiger partial charge in [0.2, 0.25) is 5.91 Å². The first-order chi connectivity index (χ1) is 4.25. The number of β-lactam (4-membered cyclic amide) rings is 1. The normalized spacial score (nSPS) is 33.3. The average Bonchev–Trinajstić information content (AvgIpc) is 1.88. The summed E-state index contributed by atoms with van der Waals surface area (Å²) in [7, 11) is 0. The van der Waals surface area contributed by atoms with Crippen LogP contribution < -0.4 is 5.32 Å². The van der Waals surface area contributed by atoms with E-state index in [9.17, 15) is 4.79 Å². The highest BCUT2D eigenvalue weighted by Crippen LogP contribution is 2.16. The molecule has 0 spiro atoms. The molecule has 1 saturated heterocycles. The summed E-state index contributed by atoms with van der Waals surface area (Å²) >= 11 is 4.10. The molecule has 2 atom stereocenters. The molecule has 1 heterocycles. The van der Waals surface area contributed by atoms with Crippen molar-refractivity contribution >= 4 is 18.5 Å². The van der Waals surface area contributed by atoms with Gasteiger partial charge in [-0.05, 0) is 6.42 Å². The van der Waals surface area contributed by atoms with Crippen LogP contribution >= 0.6 is 12.6 Å². The number of carbonyl (C=O) groups excluding carboxylic acids is 1. The average molecular weight is 145 g/mol. The van der Waals surface area contributed by atoms with Gasteiger partial charge in [0.1, 0.15) is 5.25 Å². The van der Waals surface area contributed by atoms with Crippen LogP contribution in [0.3, 0.4) is 0 Å². The zero-order valence-electron chi connectivity index (χ0n) is 5.42. The van der Waals surface area contributed by atoms with Gasteiger partial charge in [-0.25, -0.2) is 0 Å². The lowest BCUT2D eigenvalue weighted by Crippen LogP contribution is -2.59. The second-order valence-corrected chi connectivity index (χ2v) is 2.90. The maximum absolute atomic E-state index is 10.5. The summed E-state index contributed by atoms with van der Waals surface area (Å²) in [5, 5.41) is 2.74. The minimum Gasteiger partial charge on any atom is -0.351 e. The lowest BCUT2D eigenvalue weighted by molar-refractivity contribution is -0.127. The molecule has 3 heteroatoms. The van der Waals surface area contributed by atoms with Gasteiger partial charge in [-0.15, -0.1) is 0 Å². The monoisotopic (exact) mass is 145 g/mol. The second kappa shape index (κ2) is 2.60. The fourth-order valence-corrected chi connectivity index (χ4v) is 1.27. The summed E-state index contributed by atoms with van der Waals surface area (Å²) in [5.74, 6) is 0.0804. The fourth-order valence-electron chi connectivity index (χ4n) is 0.975. The molecule has 0 radical (unpaired) electrons. The SMILES string of the molecule is CCCC1NC(=O)C1S. The fraction of sp³-hybridized carbons (Fsp3) is 0.833. The Labute approximate surface area is 60.4 Å². The molecule has 0 saturated carbocycles. The first kappa shape index (κ1) is 6.93. The maximum atomic E-state index is 10.5. The highest BCUT2D eigenvalue weighted by atomic mass is 32.1. The van der Waals surface area contributed by atoms with Crippen molar-refractivity contribution in [3.63, 3.8) is 0 Å².